The lowest BCUT2D eigenvalue weighted by atomic mass is 9.99. The molecule has 1 aromatic heterocycles. The highest BCUT2D eigenvalue weighted by Gasteiger charge is 2.32. The smallest absolute Gasteiger partial charge is 0.217 e. The summed E-state index contributed by atoms with van der Waals surface area (Å²) in [6.45, 7) is 9.70. The summed E-state index contributed by atoms with van der Waals surface area (Å²) < 4.78 is 29.1. The molecule has 25 heavy (non-hydrogen) atoms. The molecule has 1 atom stereocenters. The minimum Gasteiger partial charge on any atom is -0.328 e. The predicted octanol–water partition coefficient (Wildman–Crippen LogP) is 3.53. The Labute approximate surface area is 150 Å². The molecule has 6 heteroatoms. The van der Waals surface area contributed by atoms with Crippen LogP contribution in [-0.4, -0.2) is 41.1 Å². The summed E-state index contributed by atoms with van der Waals surface area (Å²) in [6.07, 6.45) is 2.87. The number of fused-ring (bicyclic) bond motifs is 1. The van der Waals surface area contributed by atoms with Gasteiger partial charge in [-0.2, -0.15) is 0 Å². The molecule has 0 aliphatic carbocycles. The highest BCUT2D eigenvalue weighted by Crippen LogP contribution is 2.31. The third-order valence-corrected chi connectivity index (χ3v) is 6.68. The fourth-order valence-corrected chi connectivity index (χ4v) is 5.29. The van der Waals surface area contributed by atoms with Crippen LogP contribution >= 0.6 is 0 Å². The molecule has 1 aliphatic heterocycles. The normalized spacial score (nSPS) is 19.4. The number of hydrogen-bond donors (Lipinski definition) is 0. The van der Waals surface area contributed by atoms with E-state index >= 15 is 0 Å². The molecule has 1 aromatic carbocycles. The zero-order valence-electron chi connectivity index (χ0n) is 15.1. The van der Waals surface area contributed by atoms with E-state index < -0.39 is 10.0 Å². The zero-order chi connectivity index (χ0) is 18.0. The van der Waals surface area contributed by atoms with Gasteiger partial charge in [0.05, 0.1) is 16.8 Å². The van der Waals surface area contributed by atoms with Crippen molar-refractivity contribution in [2.45, 2.75) is 45.6 Å². The van der Waals surface area contributed by atoms with Crippen molar-refractivity contribution < 1.29 is 8.42 Å². The Balaban J connectivity index is 1.92. The second-order valence-corrected chi connectivity index (χ2v) is 8.99. The lowest BCUT2D eigenvalue weighted by Crippen LogP contribution is -2.41. The predicted molar refractivity (Wildman–Crippen MR) is 102 cm³/mol. The SMILES string of the molecule is C=C(C)CS(=O)(=O)N1CCCC(c2nc3ccccc3n2CCC)C1. The molecular weight excluding hydrogens is 334 g/mol. The number of nitrogens with zero attached hydrogens (tertiary/aromatic N) is 3. The van der Waals surface area contributed by atoms with E-state index in [-0.39, 0.29) is 11.7 Å². The molecule has 0 saturated carbocycles. The van der Waals surface area contributed by atoms with Crippen molar-refractivity contribution in [1.82, 2.24) is 13.9 Å². The second-order valence-electron chi connectivity index (χ2n) is 7.02. The van der Waals surface area contributed by atoms with Crippen molar-refractivity contribution in [2.24, 2.45) is 0 Å². The van der Waals surface area contributed by atoms with Crippen LogP contribution in [0.25, 0.3) is 11.0 Å². The van der Waals surface area contributed by atoms with Gasteiger partial charge in [0.1, 0.15) is 5.82 Å². The van der Waals surface area contributed by atoms with Crippen molar-refractivity contribution in [1.29, 1.82) is 0 Å². The van der Waals surface area contributed by atoms with E-state index in [1.807, 2.05) is 18.2 Å². The van der Waals surface area contributed by atoms with Crippen LogP contribution in [0.5, 0.6) is 0 Å². The first kappa shape index (κ1) is 18.1. The fourth-order valence-electron chi connectivity index (χ4n) is 3.67. The van der Waals surface area contributed by atoms with Crippen LogP contribution in [0.15, 0.2) is 36.4 Å². The van der Waals surface area contributed by atoms with Gasteiger partial charge in [-0.1, -0.05) is 31.2 Å². The number of piperidine rings is 1. The molecule has 3 rings (SSSR count). The average molecular weight is 362 g/mol. The molecule has 5 nitrogen and oxygen atoms in total. The Morgan fingerprint density at radius 3 is 2.84 bits per heavy atom. The van der Waals surface area contributed by atoms with Gasteiger partial charge in [-0.05, 0) is 38.3 Å². The molecule has 136 valence electrons. The number of aromatic nitrogens is 2. The summed E-state index contributed by atoms with van der Waals surface area (Å²) >= 11 is 0. The van der Waals surface area contributed by atoms with Gasteiger partial charge < -0.3 is 4.57 Å². The van der Waals surface area contributed by atoms with E-state index in [0.717, 1.165) is 42.7 Å². The first-order valence-corrected chi connectivity index (χ1v) is 10.6. The highest BCUT2D eigenvalue weighted by molar-refractivity contribution is 7.89. The van der Waals surface area contributed by atoms with E-state index in [2.05, 4.69) is 24.1 Å². The number of imidazole rings is 1. The zero-order valence-corrected chi connectivity index (χ0v) is 15.9. The summed E-state index contributed by atoms with van der Waals surface area (Å²) in [6, 6.07) is 8.16. The van der Waals surface area contributed by atoms with Crippen molar-refractivity contribution in [2.75, 3.05) is 18.8 Å². The molecule has 0 amide bonds. The fraction of sp³-hybridized carbons (Fsp3) is 0.526. The molecule has 1 fully saturated rings. The Kier molecular flexibility index (Phi) is 5.29. The maximum Gasteiger partial charge on any atom is 0.217 e. The minimum atomic E-state index is -3.28. The van der Waals surface area contributed by atoms with E-state index in [9.17, 15) is 8.42 Å². The average Bonchev–Trinajstić information content (AvgIpc) is 2.93. The molecule has 0 N–H and O–H groups in total. The number of sulfonamides is 1. The Hall–Kier alpha value is -1.66. The lowest BCUT2D eigenvalue weighted by Gasteiger charge is -2.32. The standard InChI is InChI=1S/C19H27N3O2S/c1-4-11-22-18-10-6-5-9-17(18)20-19(22)16-8-7-12-21(13-16)25(23,24)14-15(2)3/h5-6,9-10,16H,2,4,7-8,11-14H2,1,3H3. The molecule has 2 aromatic rings. The van der Waals surface area contributed by atoms with Crippen LogP contribution in [0, 0.1) is 0 Å². The van der Waals surface area contributed by atoms with Crippen LogP contribution in [0.2, 0.25) is 0 Å². The van der Waals surface area contributed by atoms with E-state index in [1.54, 1.807) is 11.2 Å². The largest absolute Gasteiger partial charge is 0.328 e. The number of benzene rings is 1. The summed E-state index contributed by atoms with van der Waals surface area (Å²) in [5.41, 5.74) is 2.81. The van der Waals surface area contributed by atoms with Crippen molar-refractivity contribution in [3.8, 4) is 0 Å². The maximum absolute atomic E-state index is 12.6. The quantitative estimate of drug-likeness (QED) is 0.740. The number of para-hydroxylation sites is 2. The van der Waals surface area contributed by atoms with Crippen LogP contribution in [0.1, 0.15) is 44.9 Å². The van der Waals surface area contributed by atoms with Crippen molar-refractivity contribution >= 4 is 21.1 Å². The molecule has 1 unspecified atom stereocenters. The van der Waals surface area contributed by atoms with Gasteiger partial charge in [0, 0.05) is 25.6 Å². The topological polar surface area (TPSA) is 55.2 Å². The summed E-state index contributed by atoms with van der Waals surface area (Å²) in [5, 5.41) is 0. The number of aryl methyl sites for hydroxylation is 1. The van der Waals surface area contributed by atoms with Gasteiger partial charge in [0.25, 0.3) is 0 Å². The first-order valence-electron chi connectivity index (χ1n) is 8.99. The molecule has 1 saturated heterocycles. The third kappa shape index (κ3) is 3.80. The molecule has 0 radical (unpaired) electrons. The minimum absolute atomic E-state index is 0.0328. The molecule has 1 aliphatic rings. The van der Waals surface area contributed by atoms with Crippen LogP contribution in [0.4, 0.5) is 0 Å². The molecular formula is C19H27N3O2S. The van der Waals surface area contributed by atoms with E-state index in [4.69, 9.17) is 4.98 Å². The van der Waals surface area contributed by atoms with Gasteiger partial charge in [-0.15, -0.1) is 0 Å². The van der Waals surface area contributed by atoms with Gasteiger partial charge in [-0.25, -0.2) is 17.7 Å². The van der Waals surface area contributed by atoms with Gasteiger partial charge in [-0.3, -0.25) is 0 Å². The maximum atomic E-state index is 12.6. The van der Waals surface area contributed by atoms with Crippen LogP contribution in [0.3, 0.4) is 0 Å². The van der Waals surface area contributed by atoms with Crippen LogP contribution in [-0.2, 0) is 16.6 Å². The van der Waals surface area contributed by atoms with Gasteiger partial charge >= 0.3 is 0 Å². The first-order chi connectivity index (χ1) is 11.9. The molecule has 2 heterocycles. The highest BCUT2D eigenvalue weighted by atomic mass is 32.2. The third-order valence-electron chi connectivity index (χ3n) is 4.70. The Morgan fingerprint density at radius 2 is 2.12 bits per heavy atom. The van der Waals surface area contributed by atoms with Crippen molar-refractivity contribution in [3.05, 3.63) is 42.2 Å². The molecule has 0 spiro atoms. The summed E-state index contributed by atoms with van der Waals surface area (Å²) in [5.74, 6) is 1.20. The number of hydrogen-bond acceptors (Lipinski definition) is 3. The Morgan fingerprint density at radius 1 is 1.36 bits per heavy atom. The van der Waals surface area contributed by atoms with Gasteiger partial charge in [0.2, 0.25) is 10.0 Å². The van der Waals surface area contributed by atoms with E-state index in [0.29, 0.717) is 18.7 Å². The van der Waals surface area contributed by atoms with Crippen molar-refractivity contribution in [3.63, 3.8) is 0 Å². The Bertz CT molecular complexity index is 870. The summed E-state index contributed by atoms with van der Waals surface area (Å²) in [4.78, 5) is 4.86. The monoisotopic (exact) mass is 361 g/mol. The molecule has 0 bridgehead atoms. The number of rotatable bonds is 6. The second kappa shape index (κ2) is 7.30. The summed E-state index contributed by atoms with van der Waals surface area (Å²) in [7, 11) is -3.28. The lowest BCUT2D eigenvalue weighted by molar-refractivity contribution is 0.306. The van der Waals surface area contributed by atoms with E-state index in [1.165, 1.54) is 0 Å². The van der Waals surface area contributed by atoms with Gasteiger partial charge in [0.15, 0.2) is 0 Å². The van der Waals surface area contributed by atoms with Crippen LogP contribution < -0.4 is 0 Å².